The molecule has 1 aromatic heterocycles. The number of aromatic nitrogens is 2. The van der Waals surface area contributed by atoms with Gasteiger partial charge in [-0.25, -0.2) is 4.98 Å². The maximum atomic E-state index is 13.1. The highest BCUT2D eigenvalue weighted by atomic mass is 19.4. The number of alkyl halides is 3. The van der Waals surface area contributed by atoms with Crippen LogP contribution in [0.5, 0.6) is 0 Å². The van der Waals surface area contributed by atoms with Crippen molar-refractivity contribution in [3.05, 3.63) is 11.8 Å². The molecule has 0 bridgehead atoms. The zero-order valence-electron chi connectivity index (χ0n) is 15.5. The first-order valence-electron chi connectivity index (χ1n) is 9.14. The molecular weight excluding hydrogens is 345 g/mol. The lowest BCUT2D eigenvalue weighted by molar-refractivity contribution is -0.141. The minimum Gasteiger partial charge on any atom is -0.370 e. The number of nitrogens with zero attached hydrogens (tertiary/aromatic N) is 3. The van der Waals surface area contributed by atoms with E-state index >= 15 is 0 Å². The standard InChI is InChI=1S/C17H29F3N6/c1-26(2)11-3-7-23-16-24-14(17(18,19)20)12-15(25-16)22-10-6-13-4-8-21-9-5-13/h12-13,21H,3-11H2,1-2H3,(H2,22,23,24,25). The first-order chi connectivity index (χ1) is 12.3. The Bertz CT molecular complexity index is 544. The van der Waals surface area contributed by atoms with Gasteiger partial charge in [-0.2, -0.15) is 18.2 Å². The third kappa shape index (κ3) is 7.33. The summed E-state index contributed by atoms with van der Waals surface area (Å²) in [5, 5.41) is 9.24. The average Bonchev–Trinajstić information content (AvgIpc) is 2.59. The van der Waals surface area contributed by atoms with Gasteiger partial charge in [0.05, 0.1) is 0 Å². The lowest BCUT2D eigenvalue weighted by atomic mass is 9.95. The zero-order chi connectivity index (χ0) is 19.0. The number of hydrogen-bond acceptors (Lipinski definition) is 6. The molecule has 1 aliphatic rings. The quantitative estimate of drug-likeness (QED) is 0.578. The fraction of sp³-hybridized carbons (Fsp3) is 0.765. The Labute approximate surface area is 153 Å². The molecule has 6 nitrogen and oxygen atoms in total. The fourth-order valence-corrected chi connectivity index (χ4v) is 2.93. The molecule has 0 unspecified atom stereocenters. The van der Waals surface area contributed by atoms with Crippen LogP contribution in [-0.4, -0.2) is 61.7 Å². The van der Waals surface area contributed by atoms with Gasteiger partial charge in [0.15, 0.2) is 5.69 Å². The number of halogens is 3. The number of anilines is 2. The van der Waals surface area contributed by atoms with Crippen molar-refractivity contribution in [3.63, 3.8) is 0 Å². The highest BCUT2D eigenvalue weighted by Crippen LogP contribution is 2.29. The predicted octanol–water partition coefficient (Wildman–Crippen LogP) is 2.66. The summed E-state index contributed by atoms with van der Waals surface area (Å²) in [6.07, 6.45) is -0.548. The minimum absolute atomic E-state index is 0.0166. The molecule has 0 aliphatic carbocycles. The summed E-state index contributed by atoms with van der Waals surface area (Å²) in [5.41, 5.74) is -0.924. The van der Waals surface area contributed by atoms with Gasteiger partial charge in [0.25, 0.3) is 0 Å². The van der Waals surface area contributed by atoms with Gasteiger partial charge in [0, 0.05) is 19.2 Å². The van der Waals surface area contributed by atoms with E-state index in [1.807, 2.05) is 19.0 Å². The first kappa shape index (κ1) is 20.7. The molecule has 1 saturated heterocycles. The first-order valence-corrected chi connectivity index (χ1v) is 9.14. The Morgan fingerprint density at radius 1 is 1.15 bits per heavy atom. The molecule has 0 saturated carbocycles. The molecule has 148 valence electrons. The van der Waals surface area contributed by atoms with Gasteiger partial charge in [0.2, 0.25) is 5.95 Å². The molecule has 0 radical (unpaired) electrons. The van der Waals surface area contributed by atoms with E-state index in [0.717, 1.165) is 51.4 Å². The fourth-order valence-electron chi connectivity index (χ4n) is 2.93. The second-order valence-electron chi connectivity index (χ2n) is 6.95. The van der Waals surface area contributed by atoms with Crippen molar-refractivity contribution < 1.29 is 13.2 Å². The molecule has 26 heavy (non-hydrogen) atoms. The van der Waals surface area contributed by atoms with Crippen LogP contribution in [0.2, 0.25) is 0 Å². The van der Waals surface area contributed by atoms with Crippen LogP contribution in [0.4, 0.5) is 24.9 Å². The van der Waals surface area contributed by atoms with Gasteiger partial charge < -0.3 is 20.9 Å². The van der Waals surface area contributed by atoms with Crippen molar-refractivity contribution in [2.45, 2.75) is 31.9 Å². The van der Waals surface area contributed by atoms with Crippen LogP contribution in [0.15, 0.2) is 6.07 Å². The van der Waals surface area contributed by atoms with E-state index in [2.05, 4.69) is 25.9 Å². The van der Waals surface area contributed by atoms with Crippen LogP contribution in [0.1, 0.15) is 31.4 Å². The molecule has 1 fully saturated rings. The Kier molecular flexibility index (Phi) is 7.89. The zero-order valence-corrected chi connectivity index (χ0v) is 15.5. The van der Waals surface area contributed by atoms with E-state index in [1.165, 1.54) is 0 Å². The van der Waals surface area contributed by atoms with E-state index in [0.29, 0.717) is 19.0 Å². The number of rotatable bonds is 9. The van der Waals surface area contributed by atoms with E-state index in [1.54, 1.807) is 0 Å². The number of hydrogen-bond donors (Lipinski definition) is 3. The molecule has 0 atom stereocenters. The van der Waals surface area contributed by atoms with E-state index < -0.39 is 11.9 Å². The summed E-state index contributed by atoms with van der Waals surface area (Å²) in [5.74, 6) is 0.843. The predicted molar refractivity (Wildman–Crippen MR) is 97.4 cm³/mol. The maximum Gasteiger partial charge on any atom is 0.433 e. The smallest absolute Gasteiger partial charge is 0.370 e. The lowest BCUT2D eigenvalue weighted by Crippen LogP contribution is -2.28. The van der Waals surface area contributed by atoms with Crippen molar-refractivity contribution in [3.8, 4) is 0 Å². The third-order valence-electron chi connectivity index (χ3n) is 4.40. The minimum atomic E-state index is -4.49. The summed E-state index contributed by atoms with van der Waals surface area (Å²) < 4.78 is 39.3. The second kappa shape index (κ2) is 9.91. The molecule has 0 spiro atoms. The molecule has 1 aromatic rings. The van der Waals surface area contributed by atoms with Crippen LogP contribution >= 0.6 is 0 Å². The Morgan fingerprint density at radius 3 is 2.54 bits per heavy atom. The average molecular weight is 374 g/mol. The van der Waals surface area contributed by atoms with Gasteiger partial charge in [-0.3, -0.25) is 0 Å². The van der Waals surface area contributed by atoms with E-state index in [4.69, 9.17) is 0 Å². The normalized spacial score (nSPS) is 16.1. The van der Waals surface area contributed by atoms with Crippen molar-refractivity contribution in [1.82, 2.24) is 20.2 Å². The van der Waals surface area contributed by atoms with Gasteiger partial charge in [-0.15, -0.1) is 0 Å². The Balaban J connectivity index is 1.93. The Hall–Kier alpha value is -1.61. The monoisotopic (exact) mass is 374 g/mol. The SMILES string of the molecule is CN(C)CCCNc1nc(NCCC2CCNCC2)cc(C(F)(F)F)n1. The second-order valence-corrected chi connectivity index (χ2v) is 6.95. The van der Waals surface area contributed by atoms with Crippen LogP contribution in [-0.2, 0) is 6.18 Å². The molecule has 1 aliphatic heterocycles. The summed E-state index contributed by atoms with van der Waals surface area (Å²) in [7, 11) is 3.90. The van der Waals surface area contributed by atoms with Crippen LogP contribution in [0.25, 0.3) is 0 Å². The van der Waals surface area contributed by atoms with E-state index in [-0.39, 0.29) is 11.8 Å². The van der Waals surface area contributed by atoms with Crippen LogP contribution < -0.4 is 16.0 Å². The van der Waals surface area contributed by atoms with Crippen molar-refractivity contribution in [2.24, 2.45) is 5.92 Å². The summed E-state index contributed by atoms with van der Waals surface area (Å²) in [6, 6.07) is 0.980. The molecule has 2 heterocycles. The Morgan fingerprint density at radius 2 is 1.88 bits per heavy atom. The van der Waals surface area contributed by atoms with Crippen molar-refractivity contribution in [2.75, 3.05) is 57.5 Å². The van der Waals surface area contributed by atoms with Crippen LogP contribution in [0.3, 0.4) is 0 Å². The van der Waals surface area contributed by atoms with Gasteiger partial charge in [0.1, 0.15) is 5.82 Å². The lowest BCUT2D eigenvalue weighted by Gasteiger charge is -2.22. The molecule has 2 rings (SSSR count). The third-order valence-corrected chi connectivity index (χ3v) is 4.40. The van der Waals surface area contributed by atoms with Gasteiger partial charge in [-0.05, 0) is 65.3 Å². The largest absolute Gasteiger partial charge is 0.433 e. The van der Waals surface area contributed by atoms with Crippen molar-refractivity contribution >= 4 is 11.8 Å². The van der Waals surface area contributed by atoms with Gasteiger partial charge >= 0.3 is 6.18 Å². The van der Waals surface area contributed by atoms with E-state index in [9.17, 15) is 13.2 Å². The molecule has 3 N–H and O–H groups in total. The summed E-state index contributed by atoms with van der Waals surface area (Å²) in [6.45, 7) is 4.00. The summed E-state index contributed by atoms with van der Waals surface area (Å²) >= 11 is 0. The molecule has 0 amide bonds. The molecule has 0 aromatic carbocycles. The van der Waals surface area contributed by atoms with Crippen LogP contribution in [0, 0.1) is 5.92 Å². The highest BCUT2D eigenvalue weighted by molar-refractivity contribution is 5.43. The van der Waals surface area contributed by atoms with Gasteiger partial charge in [-0.1, -0.05) is 0 Å². The molecular formula is C17H29F3N6. The maximum absolute atomic E-state index is 13.1. The summed E-state index contributed by atoms with van der Waals surface area (Å²) in [4.78, 5) is 9.81. The highest BCUT2D eigenvalue weighted by Gasteiger charge is 2.33. The number of piperidine rings is 1. The topological polar surface area (TPSA) is 65.1 Å². The number of nitrogens with one attached hydrogen (secondary N) is 3. The molecule has 9 heteroatoms. The van der Waals surface area contributed by atoms with Crippen molar-refractivity contribution in [1.29, 1.82) is 0 Å².